The Hall–Kier alpha value is -3.12. The van der Waals surface area contributed by atoms with Crippen LogP contribution in [-0.2, 0) is 18.3 Å². The van der Waals surface area contributed by atoms with Crippen molar-refractivity contribution in [2.75, 3.05) is 19.0 Å². The molecule has 2 aromatic carbocycles. The zero-order valence-electron chi connectivity index (χ0n) is 15.2. The second-order valence-corrected chi connectivity index (χ2v) is 6.45. The van der Waals surface area contributed by atoms with Gasteiger partial charge in [0.2, 0.25) is 0 Å². The van der Waals surface area contributed by atoms with Gasteiger partial charge in [0.05, 0.1) is 23.2 Å². The molecule has 0 radical (unpaired) electrons. The zero-order valence-corrected chi connectivity index (χ0v) is 15.2. The van der Waals surface area contributed by atoms with Crippen LogP contribution in [0.4, 0.5) is 10.1 Å². The molecule has 1 N–H and O–H groups in total. The van der Waals surface area contributed by atoms with Crippen molar-refractivity contribution in [2.24, 2.45) is 7.05 Å². The highest BCUT2D eigenvalue weighted by Gasteiger charge is 2.20. The van der Waals surface area contributed by atoms with E-state index >= 15 is 0 Å². The normalized spacial score (nSPS) is 11.4. The number of aryl methyl sites for hydroxylation is 1. The largest absolute Gasteiger partial charge is 0.383 e. The van der Waals surface area contributed by atoms with Crippen LogP contribution in [0.1, 0.15) is 10.5 Å². The van der Waals surface area contributed by atoms with Crippen LogP contribution in [0.2, 0.25) is 0 Å². The maximum absolute atomic E-state index is 13.4. The number of rotatable bonds is 5. The Balaban J connectivity index is 1.84. The van der Waals surface area contributed by atoms with E-state index in [-0.39, 0.29) is 5.91 Å². The molecule has 0 aliphatic rings. The van der Waals surface area contributed by atoms with Gasteiger partial charge in [0.25, 0.3) is 5.91 Å². The third-order valence-electron chi connectivity index (χ3n) is 4.79. The molecule has 0 bridgehead atoms. The van der Waals surface area contributed by atoms with Crippen LogP contribution in [0.3, 0.4) is 0 Å². The number of hydrogen-bond donors (Lipinski definition) is 1. The Morgan fingerprint density at radius 3 is 2.70 bits per heavy atom. The maximum atomic E-state index is 13.4. The molecule has 0 unspecified atom stereocenters. The van der Waals surface area contributed by atoms with Crippen molar-refractivity contribution < 1.29 is 13.9 Å². The summed E-state index contributed by atoms with van der Waals surface area (Å²) < 4.78 is 22.7. The number of halogens is 1. The van der Waals surface area contributed by atoms with E-state index in [1.807, 2.05) is 29.8 Å². The van der Waals surface area contributed by atoms with E-state index in [1.54, 1.807) is 19.2 Å². The van der Waals surface area contributed by atoms with E-state index in [0.29, 0.717) is 24.5 Å². The summed E-state index contributed by atoms with van der Waals surface area (Å²) in [5.41, 5.74) is 4.01. The second-order valence-electron chi connectivity index (χ2n) is 6.45. The summed E-state index contributed by atoms with van der Waals surface area (Å²) in [7, 11) is 3.62. The van der Waals surface area contributed by atoms with E-state index in [1.165, 1.54) is 12.1 Å². The van der Waals surface area contributed by atoms with Gasteiger partial charge in [0.15, 0.2) is 0 Å². The predicted molar refractivity (Wildman–Crippen MR) is 105 cm³/mol. The lowest BCUT2D eigenvalue weighted by Crippen LogP contribution is -2.18. The van der Waals surface area contributed by atoms with Crippen LogP contribution >= 0.6 is 0 Å². The molecule has 0 aliphatic heterocycles. The highest BCUT2D eigenvalue weighted by molar-refractivity contribution is 6.12. The monoisotopic (exact) mass is 365 g/mol. The number of carbonyl (C=O) groups excluding carboxylic acids is 1. The van der Waals surface area contributed by atoms with Crippen LogP contribution in [0.15, 0.2) is 54.6 Å². The Morgan fingerprint density at radius 1 is 1.11 bits per heavy atom. The summed E-state index contributed by atoms with van der Waals surface area (Å²) in [6.45, 7) is 1.02. The fourth-order valence-electron chi connectivity index (χ4n) is 3.53. The first-order chi connectivity index (χ1) is 13.1. The molecule has 5 nitrogen and oxygen atoms in total. The van der Waals surface area contributed by atoms with Crippen LogP contribution in [0.5, 0.6) is 0 Å². The second kappa shape index (κ2) is 6.89. The fraction of sp³-hybridized carbons (Fsp3) is 0.190. The van der Waals surface area contributed by atoms with Gasteiger partial charge in [0.1, 0.15) is 11.5 Å². The minimum absolute atomic E-state index is 0.281. The number of para-hydroxylation sites is 1. The highest BCUT2D eigenvalue weighted by atomic mass is 19.1. The third kappa shape index (κ3) is 2.98. The number of hydrogen-bond acceptors (Lipinski definition) is 2. The topological polar surface area (TPSA) is 48.2 Å². The van der Waals surface area contributed by atoms with Crippen LogP contribution in [-0.4, -0.2) is 28.8 Å². The standard InChI is InChI=1S/C21H20FN3O2/c1-24-17-9-4-3-8-16(17)20-18(24)13-19(25(20)10-11-27-2)21(26)23-15-7-5-6-14(22)12-15/h3-9,12-13H,10-11H2,1-2H3,(H,23,26). The first-order valence-corrected chi connectivity index (χ1v) is 8.72. The summed E-state index contributed by atoms with van der Waals surface area (Å²) in [4.78, 5) is 12.9. The minimum Gasteiger partial charge on any atom is -0.383 e. The number of anilines is 1. The SMILES string of the molecule is COCCn1c(C(=O)Nc2cccc(F)c2)cc2c1c1ccccc1n2C. The molecule has 2 heterocycles. The minimum atomic E-state index is -0.390. The van der Waals surface area contributed by atoms with Gasteiger partial charge in [-0.15, -0.1) is 0 Å². The molecular weight excluding hydrogens is 345 g/mol. The van der Waals surface area contributed by atoms with E-state index < -0.39 is 5.82 Å². The molecule has 0 saturated heterocycles. The predicted octanol–water partition coefficient (Wildman–Crippen LogP) is 4.17. The van der Waals surface area contributed by atoms with Crippen LogP contribution < -0.4 is 5.32 Å². The lowest BCUT2D eigenvalue weighted by Gasteiger charge is -2.11. The van der Waals surface area contributed by atoms with E-state index in [2.05, 4.69) is 22.0 Å². The van der Waals surface area contributed by atoms with Gasteiger partial charge < -0.3 is 19.2 Å². The number of aromatic nitrogens is 2. The number of benzene rings is 2. The maximum Gasteiger partial charge on any atom is 0.272 e. The molecule has 138 valence electrons. The molecule has 6 heteroatoms. The van der Waals surface area contributed by atoms with Crippen molar-refractivity contribution in [1.29, 1.82) is 0 Å². The quantitative estimate of drug-likeness (QED) is 0.577. The fourth-order valence-corrected chi connectivity index (χ4v) is 3.53. The van der Waals surface area contributed by atoms with Crippen LogP contribution in [0, 0.1) is 5.82 Å². The summed E-state index contributed by atoms with van der Waals surface area (Å²) in [6.07, 6.45) is 0. The number of nitrogens with zero attached hydrogens (tertiary/aromatic N) is 2. The number of nitrogens with one attached hydrogen (secondary N) is 1. The molecule has 4 aromatic rings. The first kappa shape index (κ1) is 17.3. The number of amides is 1. The van der Waals surface area contributed by atoms with Crippen molar-refractivity contribution in [3.8, 4) is 0 Å². The van der Waals surface area contributed by atoms with Gasteiger partial charge in [-0.25, -0.2) is 4.39 Å². The average Bonchev–Trinajstić information content (AvgIpc) is 3.17. The third-order valence-corrected chi connectivity index (χ3v) is 4.79. The van der Waals surface area contributed by atoms with E-state index in [4.69, 9.17) is 4.74 Å². The number of fused-ring (bicyclic) bond motifs is 3. The Kier molecular flexibility index (Phi) is 4.41. The molecule has 0 spiro atoms. The smallest absolute Gasteiger partial charge is 0.272 e. The van der Waals surface area contributed by atoms with E-state index in [0.717, 1.165) is 21.9 Å². The van der Waals surface area contributed by atoms with Gasteiger partial charge in [-0.05, 0) is 30.3 Å². The van der Waals surface area contributed by atoms with Crippen molar-refractivity contribution in [3.05, 3.63) is 66.1 Å². The molecule has 0 atom stereocenters. The number of carbonyl (C=O) groups is 1. The number of methoxy groups -OCH3 is 1. The molecule has 0 aliphatic carbocycles. The molecular formula is C21H20FN3O2. The van der Waals surface area contributed by atoms with Crippen molar-refractivity contribution in [1.82, 2.24) is 9.13 Å². The van der Waals surface area contributed by atoms with Gasteiger partial charge in [-0.1, -0.05) is 24.3 Å². The van der Waals surface area contributed by atoms with Crippen molar-refractivity contribution >= 4 is 33.5 Å². The molecule has 2 aromatic heterocycles. The summed E-state index contributed by atoms with van der Waals surface area (Å²) >= 11 is 0. The van der Waals surface area contributed by atoms with Gasteiger partial charge in [-0.3, -0.25) is 4.79 Å². The number of ether oxygens (including phenoxy) is 1. The zero-order chi connectivity index (χ0) is 19.0. The van der Waals surface area contributed by atoms with Gasteiger partial charge in [0, 0.05) is 31.8 Å². The summed E-state index contributed by atoms with van der Waals surface area (Å²) in [5.74, 6) is -0.671. The molecule has 0 saturated carbocycles. The molecule has 27 heavy (non-hydrogen) atoms. The Labute approximate surface area is 156 Å². The lowest BCUT2D eigenvalue weighted by molar-refractivity contribution is 0.101. The summed E-state index contributed by atoms with van der Waals surface area (Å²) in [6, 6.07) is 15.8. The Morgan fingerprint density at radius 2 is 1.93 bits per heavy atom. The van der Waals surface area contributed by atoms with Gasteiger partial charge in [-0.2, -0.15) is 0 Å². The van der Waals surface area contributed by atoms with Gasteiger partial charge >= 0.3 is 0 Å². The van der Waals surface area contributed by atoms with Crippen molar-refractivity contribution in [2.45, 2.75) is 6.54 Å². The average molecular weight is 365 g/mol. The van der Waals surface area contributed by atoms with Crippen LogP contribution in [0.25, 0.3) is 21.9 Å². The molecule has 0 fully saturated rings. The first-order valence-electron chi connectivity index (χ1n) is 8.72. The Bertz CT molecular complexity index is 1140. The lowest BCUT2D eigenvalue weighted by atomic mass is 10.2. The molecule has 1 amide bonds. The highest BCUT2D eigenvalue weighted by Crippen LogP contribution is 2.31. The van der Waals surface area contributed by atoms with E-state index in [9.17, 15) is 9.18 Å². The summed E-state index contributed by atoms with van der Waals surface area (Å²) in [5, 5.41) is 3.86. The van der Waals surface area contributed by atoms with Crippen molar-refractivity contribution in [3.63, 3.8) is 0 Å². The molecule has 4 rings (SSSR count).